The van der Waals surface area contributed by atoms with Gasteiger partial charge in [-0.2, -0.15) is 0 Å². The van der Waals surface area contributed by atoms with Crippen LogP contribution in [0, 0.1) is 5.82 Å². The lowest BCUT2D eigenvalue weighted by molar-refractivity contribution is 0.00488. The molecule has 1 heterocycles. The Hall–Kier alpha value is -2.48. The van der Waals surface area contributed by atoms with Crippen LogP contribution in [0.2, 0.25) is 10.0 Å². The van der Waals surface area contributed by atoms with E-state index in [2.05, 4.69) is 5.32 Å². The van der Waals surface area contributed by atoms with Crippen LogP contribution in [0.1, 0.15) is 64.7 Å². The second-order valence-electron chi connectivity index (χ2n) is 10.2. The molecule has 0 aromatic heterocycles. The van der Waals surface area contributed by atoms with Crippen LogP contribution in [0.5, 0.6) is 0 Å². The number of rotatable bonds is 7. The molecule has 3 atom stereocenters. The van der Waals surface area contributed by atoms with E-state index in [4.69, 9.17) is 23.2 Å². The summed E-state index contributed by atoms with van der Waals surface area (Å²) >= 11 is 13.0. The van der Waals surface area contributed by atoms with Gasteiger partial charge in [0.1, 0.15) is 12.0 Å². The molecule has 38 heavy (non-hydrogen) atoms. The second kappa shape index (κ2) is 11.7. The molecule has 200 valence electrons. The molecule has 3 N–H and O–H groups in total. The van der Waals surface area contributed by atoms with Gasteiger partial charge in [0.05, 0.1) is 12.1 Å². The van der Waals surface area contributed by atoms with Crippen LogP contribution in [-0.4, -0.2) is 45.9 Å². The first kappa shape index (κ1) is 27.1. The monoisotopic (exact) mass is 556 g/mol. The molecule has 5 rings (SSSR count). The number of nitrogens with zero attached hydrogens (tertiary/aromatic N) is 1. The summed E-state index contributed by atoms with van der Waals surface area (Å²) < 4.78 is 13.3. The van der Waals surface area contributed by atoms with Crippen LogP contribution in [0.4, 0.5) is 4.39 Å². The van der Waals surface area contributed by atoms with Crippen molar-refractivity contribution in [3.8, 4) is 0 Å². The topological polar surface area (TPSA) is 72.8 Å². The van der Waals surface area contributed by atoms with Gasteiger partial charge in [-0.1, -0.05) is 59.6 Å². The van der Waals surface area contributed by atoms with E-state index in [1.54, 1.807) is 30.3 Å². The first-order valence-electron chi connectivity index (χ1n) is 13.0. The number of fused-ring (bicyclic) bond motifs is 1. The SMILES string of the molecule is O=C1c2ccccc2[C@@H](C(O)NCCc2ccc(F)cc2)[C@H](c2ccc(Cl)cc2Cl)N1C1CCC(O)CC1. The zero-order valence-electron chi connectivity index (χ0n) is 20.9. The van der Waals surface area contributed by atoms with Crippen molar-refractivity contribution < 1.29 is 19.4 Å². The molecule has 1 fully saturated rings. The van der Waals surface area contributed by atoms with E-state index in [1.165, 1.54) is 12.1 Å². The Labute approximate surface area is 232 Å². The molecule has 3 aromatic carbocycles. The summed E-state index contributed by atoms with van der Waals surface area (Å²) in [6.07, 6.45) is 1.78. The van der Waals surface area contributed by atoms with Crippen molar-refractivity contribution in [3.05, 3.63) is 105 Å². The molecule has 1 aliphatic carbocycles. The summed E-state index contributed by atoms with van der Waals surface area (Å²) in [5.74, 6) is -0.904. The van der Waals surface area contributed by atoms with Gasteiger partial charge in [-0.25, -0.2) is 4.39 Å². The number of nitrogens with one attached hydrogen (secondary N) is 1. The summed E-state index contributed by atoms with van der Waals surface area (Å²) in [6, 6.07) is 18.3. The van der Waals surface area contributed by atoms with Crippen molar-refractivity contribution in [2.45, 2.75) is 62.4 Å². The van der Waals surface area contributed by atoms with Gasteiger partial charge in [0, 0.05) is 34.1 Å². The Morgan fingerprint density at radius 1 is 0.974 bits per heavy atom. The van der Waals surface area contributed by atoms with Crippen molar-refractivity contribution in [1.29, 1.82) is 0 Å². The van der Waals surface area contributed by atoms with Gasteiger partial charge in [0.15, 0.2) is 0 Å². The highest BCUT2D eigenvalue weighted by molar-refractivity contribution is 6.35. The minimum atomic E-state index is -1.00. The standard InChI is InChI=1S/C30H31Cl2FN2O3/c31-19-7-14-25(26(32)17-19)28-27(29(37)34-16-15-18-5-8-20(33)9-6-18)23-3-1-2-4-24(23)30(38)35(28)21-10-12-22(36)13-11-21/h1-9,14,17,21-22,27-29,34,36-37H,10-13,15-16H2/t21?,22?,27-,28+,29?/m1/s1. The van der Waals surface area contributed by atoms with Crippen LogP contribution >= 0.6 is 23.2 Å². The molecule has 2 aliphatic rings. The molecule has 0 radical (unpaired) electrons. The van der Waals surface area contributed by atoms with Gasteiger partial charge in [-0.15, -0.1) is 0 Å². The van der Waals surface area contributed by atoms with E-state index in [9.17, 15) is 19.4 Å². The van der Waals surface area contributed by atoms with Gasteiger partial charge in [0.2, 0.25) is 0 Å². The fraction of sp³-hybridized carbons (Fsp3) is 0.367. The summed E-state index contributed by atoms with van der Waals surface area (Å²) in [5, 5.41) is 26.0. The highest BCUT2D eigenvalue weighted by Crippen LogP contribution is 2.48. The van der Waals surface area contributed by atoms with E-state index in [1.807, 2.05) is 29.2 Å². The van der Waals surface area contributed by atoms with Crippen molar-refractivity contribution >= 4 is 29.1 Å². The normalized spacial score (nSPS) is 24.2. The minimum Gasteiger partial charge on any atom is -0.393 e. The molecule has 8 heteroatoms. The Morgan fingerprint density at radius 3 is 2.39 bits per heavy atom. The van der Waals surface area contributed by atoms with E-state index in [0.29, 0.717) is 54.3 Å². The number of aliphatic hydroxyl groups is 2. The third-order valence-electron chi connectivity index (χ3n) is 7.79. The zero-order valence-corrected chi connectivity index (χ0v) is 22.4. The summed E-state index contributed by atoms with van der Waals surface area (Å²) in [6.45, 7) is 0.454. The molecule has 5 nitrogen and oxygen atoms in total. The smallest absolute Gasteiger partial charge is 0.254 e. The maximum absolute atomic E-state index is 14.0. The first-order valence-corrected chi connectivity index (χ1v) is 13.8. The summed E-state index contributed by atoms with van der Waals surface area (Å²) in [5.41, 5.74) is 2.98. The fourth-order valence-electron chi connectivity index (χ4n) is 5.89. The minimum absolute atomic E-state index is 0.104. The second-order valence-corrected chi connectivity index (χ2v) is 11.0. The number of hydrogen-bond donors (Lipinski definition) is 3. The lowest BCUT2D eigenvalue weighted by Gasteiger charge is -2.49. The molecule has 0 spiro atoms. The maximum atomic E-state index is 14.0. The fourth-order valence-corrected chi connectivity index (χ4v) is 6.41. The predicted molar refractivity (Wildman–Crippen MR) is 147 cm³/mol. The van der Waals surface area contributed by atoms with Crippen LogP contribution in [0.3, 0.4) is 0 Å². The molecule has 0 saturated heterocycles. The molecule has 1 aliphatic heterocycles. The average molecular weight is 557 g/mol. The maximum Gasteiger partial charge on any atom is 0.254 e. The first-order chi connectivity index (χ1) is 18.3. The van der Waals surface area contributed by atoms with Gasteiger partial charge >= 0.3 is 0 Å². The predicted octanol–water partition coefficient (Wildman–Crippen LogP) is 5.87. The Morgan fingerprint density at radius 2 is 1.68 bits per heavy atom. The van der Waals surface area contributed by atoms with E-state index < -0.39 is 18.2 Å². The lowest BCUT2D eigenvalue weighted by atomic mass is 9.76. The number of amides is 1. The van der Waals surface area contributed by atoms with E-state index >= 15 is 0 Å². The van der Waals surface area contributed by atoms with Crippen LogP contribution in [-0.2, 0) is 6.42 Å². The van der Waals surface area contributed by atoms with Gasteiger partial charge in [-0.05, 0) is 79.1 Å². The van der Waals surface area contributed by atoms with Crippen molar-refractivity contribution in [2.24, 2.45) is 0 Å². The molecule has 1 unspecified atom stereocenters. The molecule has 1 amide bonds. The number of aliphatic hydroxyl groups excluding tert-OH is 2. The number of benzene rings is 3. The highest BCUT2D eigenvalue weighted by Gasteiger charge is 2.47. The van der Waals surface area contributed by atoms with E-state index in [-0.39, 0.29) is 23.9 Å². The largest absolute Gasteiger partial charge is 0.393 e. The summed E-state index contributed by atoms with van der Waals surface area (Å²) in [7, 11) is 0. The van der Waals surface area contributed by atoms with Crippen molar-refractivity contribution in [2.75, 3.05) is 6.54 Å². The molecule has 3 aromatic rings. The van der Waals surface area contributed by atoms with Gasteiger partial charge in [0.25, 0.3) is 5.91 Å². The Bertz CT molecular complexity index is 1280. The molecule has 0 bridgehead atoms. The van der Waals surface area contributed by atoms with Crippen LogP contribution in [0.25, 0.3) is 0 Å². The molecular weight excluding hydrogens is 526 g/mol. The number of carbonyl (C=O) groups is 1. The van der Waals surface area contributed by atoms with Crippen LogP contribution < -0.4 is 5.32 Å². The highest BCUT2D eigenvalue weighted by atomic mass is 35.5. The molecule has 1 saturated carbocycles. The molecular formula is C30H31Cl2FN2O3. The number of halogens is 3. The van der Waals surface area contributed by atoms with Gasteiger partial charge < -0.3 is 15.1 Å². The van der Waals surface area contributed by atoms with Gasteiger partial charge in [-0.3, -0.25) is 10.1 Å². The zero-order chi connectivity index (χ0) is 26.8. The average Bonchev–Trinajstić information content (AvgIpc) is 2.90. The van der Waals surface area contributed by atoms with Crippen molar-refractivity contribution in [3.63, 3.8) is 0 Å². The number of hydrogen-bond acceptors (Lipinski definition) is 4. The lowest BCUT2D eigenvalue weighted by Crippen LogP contribution is -2.53. The van der Waals surface area contributed by atoms with Crippen LogP contribution in [0.15, 0.2) is 66.7 Å². The number of carbonyl (C=O) groups excluding carboxylic acids is 1. The Balaban J connectivity index is 1.52. The van der Waals surface area contributed by atoms with E-state index in [0.717, 1.165) is 16.7 Å². The summed E-state index contributed by atoms with van der Waals surface area (Å²) in [4.78, 5) is 15.9. The third kappa shape index (κ3) is 5.61. The van der Waals surface area contributed by atoms with Crippen molar-refractivity contribution in [1.82, 2.24) is 10.2 Å². The quantitative estimate of drug-likeness (QED) is 0.318. The Kier molecular flexibility index (Phi) is 8.36. The third-order valence-corrected chi connectivity index (χ3v) is 8.35.